The van der Waals surface area contributed by atoms with Crippen molar-refractivity contribution < 1.29 is 0 Å². The highest BCUT2D eigenvalue weighted by molar-refractivity contribution is 7.14. The van der Waals surface area contributed by atoms with E-state index in [1.165, 1.54) is 16.3 Å². The lowest BCUT2D eigenvalue weighted by molar-refractivity contribution is 0.450. The van der Waals surface area contributed by atoms with Gasteiger partial charge < -0.3 is 4.90 Å². The molecule has 3 aromatic rings. The molecule has 1 atom stereocenters. The Morgan fingerprint density at radius 2 is 1.60 bits per heavy atom. The van der Waals surface area contributed by atoms with Crippen LogP contribution in [0.15, 0.2) is 54.2 Å². The van der Waals surface area contributed by atoms with Gasteiger partial charge >= 0.3 is 0 Å². The molecule has 4 nitrogen and oxygen atoms in total. The van der Waals surface area contributed by atoms with Crippen LogP contribution in [0.4, 0.5) is 22.3 Å². The highest BCUT2D eigenvalue weighted by atomic mass is 32.1. The van der Waals surface area contributed by atoms with Crippen LogP contribution in [0.2, 0.25) is 0 Å². The number of aromatic nitrogens is 2. The molecule has 25 heavy (non-hydrogen) atoms. The van der Waals surface area contributed by atoms with Crippen LogP contribution in [0.25, 0.3) is 0 Å². The largest absolute Gasteiger partial charge is 0.301 e. The van der Waals surface area contributed by atoms with E-state index in [0.29, 0.717) is 0 Å². The summed E-state index contributed by atoms with van der Waals surface area (Å²) in [6.07, 6.45) is 3.72. The Hall–Kier alpha value is -2.40. The maximum Gasteiger partial charge on any atom is 0.179 e. The zero-order valence-electron chi connectivity index (χ0n) is 15.0. The number of nitrogens with zero attached hydrogens (tertiary/aromatic N) is 4. The third-order valence-corrected chi connectivity index (χ3v) is 5.72. The third kappa shape index (κ3) is 2.12. The quantitative estimate of drug-likeness (QED) is 0.582. The summed E-state index contributed by atoms with van der Waals surface area (Å²) in [6, 6.07) is 12.9. The molecule has 2 aliphatic rings. The van der Waals surface area contributed by atoms with E-state index in [-0.39, 0.29) is 11.6 Å². The minimum absolute atomic E-state index is 0.0248. The Kier molecular flexibility index (Phi) is 3.76. The van der Waals surface area contributed by atoms with E-state index in [4.69, 9.17) is 0 Å². The van der Waals surface area contributed by atoms with Crippen molar-refractivity contribution in [3.05, 3.63) is 59.7 Å². The van der Waals surface area contributed by atoms with Crippen LogP contribution in [0, 0.1) is 0 Å². The lowest BCUT2D eigenvalue weighted by atomic mass is 9.83. The van der Waals surface area contributed by atoms with Gasteiger partial charge in [-0.1, -0.05) is 45.9 Å². The maximum absolute atomic E-state index is 4.65. The van der Waals surface area contributed by atoms with Gasteiger partial charge in [0.25, 0.3) is 0 Å². The second-order valence-corrected chi connectivity index (χ2v) is 7.43. The van der Waals surface area contributed by atoms with Gasteiger partial charge in [0.2, 0.25) is 0 Å². The summed E-state index contributed by atoms with van der Waals surface area (Å²) in [6.45, 7) is 8.62. The molecule has 4 heterocycles. The molecule has 0 radical (unpaired) electrons. The SMILES string of the molecule is CC.CC1(C)c2ccccc2N2c3nccnc3N(c3cccs3)C21. The van der Waals surface area contributed by atoms with Crippen molar-refractivity contribution in [1.29, 1.82) is 0 Å². The number of hydrogen-bond donors (Lipinski definition) is 0. The van der Waals surface area contributed by atoms with E-state index in [0.717, 1.165) is 11.6 Å². The molecule has 5 rings (SSSR count). The van der Waals surface area contributed by atoms with Crippen LogP contribution in [0.3, 0.4) is 0 Å². The van der Waals surface area contributed by atoms with Crippen LogP contribution >= 0.6 is 11.3 Å². The van der Waals surface area contributed by atoms with Gasteiger partial charge in [0, 0.05) is 23.5 Å². The molecule has 2 aliphatic heterocycles. The van der Waals surface area contributed by atoms with Crippen molar-refractivity contribution in [3.8, 4) is 0 Å². The molecular weight excluding hydrogens is 328 g/mol. The van der Waals surface area contributed by atoms with Crippen molar-refractivity contribution in [2.24, 2.45) is 0 Å². The highest BCUT2D eigenvalue weighted by Crippen LogP contribution is 2.57. The number of rotatable bonds is 1. The van der Waals surface area contributed by atoms with Gasteiger partial charge in [-0.2, -0.15) is 0 Å². The molecule has 2 aromatic heterocycles. The summed E-state index contributed by atoms with van der Waals surface area (Å²) in [5.74, 6) is 1.89. The van der Waals surface area contributed by atoms with Gasteiger partial charge in [-0.3, -0.25) is 4.90 Å². The second-order valence-electron chi connectivity index (χ2n) is 6.51. The fraction of sp³-hybridized carbons (Fsp3) is 0.300. The van der Waals surface area contributed by atoms with Crippen LogP contribution in [0.5, 0.6) is 0 Å². The summed E-state index contributed by atoms with van der Waals surface area (Å²) in [5.41, 5.74) is 2.58. The molecule has 5 heteroatoms. The first-order valence-corrected chi connectivity index (χ1v) is 9.60. The Morgan fingerprint density at radius 3 is 2.28 bits per heavy atom. The van der Waals surface area contributed by atoms with Crippen molar-refractivity contribution in [2.75, 3.05) is 9.80 Å². The first kappa shape index (κ1) is 16.1. The Bertz CT molecular complexity index is 886. The number of para-hydroxylation sites is 1. The predicted octanol–water partition coefficient (Wildman–Crippen LogP) is 5.47. The van der Waals surface area contributed by atoms with E-state index in [2.05, 4.69) is 75.4 Å². The van der Waals surface area contributed by atoms with Gasteiger partial charge in [-0.05, 0) is 29.1 Å². The standard InChI is InChI=1S/C18H16N4S.C2H6/c1-18(2)12-6-3-4-7-13(12)21-15-16(20-10-9-19-15)22(17(18)21)14-8-5-11-23-14;1-2/h3-11,17H,1-2H3;1-2H3. The smallest absolute Gasteiger partial charge is 0.179 e. The van der Waals surface area contributed by atoms with E-state index < -0.39 is 0 Å². The number of fused-ring (bicyclic) bond motifs is 5. The fourth-order valence-corrected chi connectivity index (χ4v) is 4.65. The molecule has 0 fully saturated rings. The monoisotopic (exact) mass is 350 g/mol. The lowest BCUT2D eigenvalue weighted by Gasteiger charge is -2.35. The number of thiophene rings is 1. The van der Waals surface area contributed by atoms with Gasteiger partial charge in [-0.25, -0.2) is 9.97 Å². The van der Waals surface area contributed by atoms with Gasteiger partial charge in [0.1, 0.15) is 6.17 Å². The molecule has 0 saturated heterocycles. The number of anilines is 4. The van der Waals surface area contributed by atoms with Crippen LogP contribution in [0.1, 0.15) is 33.3 Å². The van der Waals surface area contributed by atoms with Crippen molar-refractivity contribution in [3.63, 3.8) is 0 Å². The maximum atomic E-state index is 4.65. The zero-order chi connectivity index (χ0) is 17.6. The van der Waals surface area contributed by atoms with Crippen molar-refractivity contribution >= 4 is 33.7 Å². The molecule has 0 spiro atoms. The Balaban J connectivity index is 0.000000758. The van der Waals surface area contributed by atoms with Crippen molar-refractivity contribution in [2.45, 2.75) is 39.3 Å². The van der Waals surface area contributed by atoms with Crippen LogP contribution in [-0.2, 0) is 5.41 Å². The molecule has 1 unspecified atom stereocenters. The molecule has 0 aliphatic carbocycles. The number of hydrogen-bond acceptors (Lipinski definition) is 5. The Morgan fingerprint density at radius 1 is 0.920 bits per heavy atom. The summed E-state index contributed by atoms with van der Waals surface area (Å²) >= 11 is 1.74. The topological polar surface area (TPSA) is 32.3 Å². The fourth-order valence-electron chi connectivity index (χ4n) is 3.90. The number of benzene rings is 1. The predicted molar refractivity (Wildman–Crippen MR) is 105 cm³/mol. The normalized spacial score (nSPS) is 19.0. The van der Waals surface area contributed by atoms with Gasteiger partial charge in [0.05, 0.1) is 5.00 Å². The average molecular weight is 350 g/mol. The summed E-state index contributed by atoms with van der Waals surface area (Å²) in [4.78, 5) is 14.0. The highest BCUT2D eigenvalue weighted by Gasteiger charge is 2.54. The minimum Gasteiger partial charge on any atom is -0.301 e. The van der Waals surface area contributed by atoms with Gasteiger partial charge in [-0.15, -0.1) is 11.3 Å². The third-order valence-electron chi connectivity index (χ3n) is 4.85. The van der Waals surface area contributed by atoms with E-state index in [1.807, 2.05) is 13.8 Å². The second kappa shape index (κ2) is 5.85. The Labute approximate surface area is 152 Å². The molecule has 128 valence electrons. The molecule has 0 N–H and O–H groups in total. The van der Waals surface area contributed by atoms with E-state index >= 15 is 0 Å². The molecule has 0 bridgehead atoms. The molecular formula is C20H22N4S. The van der Waals surface area contributed by atoms with Crippen LogP contribution in [-0.4, -0.2) is 16.1 Å². The van der Waals surface area contributed by atoms with Gasteiger partial charge in [0.15, 0.2) is 11.6 Å². The summed E-state index contributed by atoms with van der Waals surface area (Å²) in [7, 11) is 0. The van der Waals surface area contributed by atoms with Crippen molar-refractivity contribution in [1.82, 2.24) is 9.97 Å². The molecule has 1 aromatic carbocycles. The molecule has 0 amide bonds. The van der Waals surface area contributed by atoms with Crippen LogP contribution < -0.4 is 9.80 Å². The minimum atomic E-state index is -0.0248. The first-order chi connectivity index (χ1) is 12.2. The average Bonchev–Trinajstić information content (AvgIpc) is 3.33. The van der Waals surface area contributed by atoms with E-state index in [9.17, 15) is 0 Å². The first-order valence-electron chi connectivity index (χ1n) is 8.72. The van der Waals surface area contributed by atoms with E-state index in [1.54, 1.807) is 23.7 Å². The molecule has 0 saturated carbocycles. The lowest BCUT2D eigenvalue weighted by Crippen LogP contribution is -2.46. The zero-order valence-corrected chi connectivity index (χ0v) is 15.8. The summed E-state index contributed by atoms with van der Waals surface area (Å²) in [5, 5.41) is 3.32. The summed E-state index contributed by atoms with van der Waals surface area (Å²) < 4.78 is 0.